The maximum atomic E-state index is 5.23. The summed E-state index contributed by atoms with van der Waals surface area (Å²) < 4.78 is 5.23. The van der Waals surface area contributed by atoms with Crippen LogP contribution in [0.5, 0.6) is 0 Å². The van der Waals surface area contributed by atoms with Gasteiger partial charge < -0.3 is 15.0 Å². The lowest BCUT2D eigenvalue weighted by molar-refractivity contribution is 0.193. The molecule has 1 aliphatic heterocycles. The first-order valence-corrected chi connectivity index (χ1v) is 9.98. The van der Waals surface area contributed by atoms with Crippen LogP contribution in [-0.4, -0.2) is 27.3 Å². The lowest BCUT2D eigenvalue weighted by Gasteiger charge is -2.23. The lowest BCUT2D eigenvalue weighted by atomic mass is 9.92. The van der Waals surface area contributed by atoms with Crippen LogP contribution in [0.1, 0.15) is 29.2 Å². The van der Waals surface area contributed by atoms with Crippen LogP contribution in [0.25, 0.3) is 11.1 Å². The summed E-state index contributed by atoms with van der Waals surface area (Å²) in [5, 5.41) is 3.78. The zero-order valence-corrected chi connectivity index (χ0v) is 16.7. The summed E-state index contributed by atoms with van der Waals surface area (Å²) >= 11 is 0. The normalized spacial score (nSPS) is 15.6. The molecule has 0 aliphatic carbocycles. The second kappa shape index (κ2) is 8.59. The highest BCUT2D eigenvalue weighted by atomic mass is 16.5. The van der Waals surface area contributed by atoms with E-state index in [0.717, 1.165) is 26.1 Å². The second-order valence-corrected chi connectivity index (χ2v) is 7.43. The van der Waals surface area contributed by atoms with E-state index >= 15 is 0 Å². The van der Waals surface area contributed by atoms with E-state index < -0.39 is 0 Å². The molecule has 0 saturated heterocycles. The Bertz CT molecular complexity index is 923. The van der Waals surface area contributed by atoms with E-state index in [2.05, 4.69) is 90.1 Å². The Balaban J connectivity index is 1.74. The standard InChI is InChI=1S/C25H28N2O/c1-27-18-21-17-20(19-9-4-3-5-10-19)13-14-22(21)25(26-15-8-16-28-2)23-11-6-7-12-24(23)27/h3-7,9-14,17,25-26H,8,15-16,18H2,1-2H3. The number of nitrogens with one attached hydrogen (secondary N) is 1. The van der Waals surface area contributed by atoms with Crippen LogP contribution in [0.4, 0.5) is 5.69 Å². The SMILES string of the molecule is COCCCNC1c2ccc(-c3ccccc3)cc2CN(C)c2ccccc21. The quantitative estimate of drug-likeness (QED) is 0.615. The van der Waals surface area contributed by atoms with Crippen molar-refractivity contribution in [2.75, 3.05) is 32.2 Å². The van der Waals surface area contributed by atoms with Crippen LogP contribution in [-0.2, 0) is 11.3 Å². The number of fused-ring (bicyclic) bond motifs is 2. The minimum absolute atomic E-state index is 0.192. The van der Waals surface area contributed by atoms with Crippen molar-refractivity contribution in [3.05, 3.63) is 89.5 Å². The minimum Gasteiger partial charge on any atom is -0.385 e. The van der Waals surface area contributed by atoms with Crippen LogP contribution in [0.2, 0.25) is 0 Å². The zero-order valence-electron chi connectivity index (χ0n) is 16.7. The first-order chi connectivity index (χ1) is 13.8. The van der Waals surface area contributed by atoms with Gasteiger partial charge in [-0.25, -0.2) is 0 Å². The van der Waals surface area contributed by atoms with Gasteiger partial charge in [0.05, 0.1) is 6.04 Å². The van der Waals surface area contributed by atoms with E-state index in [0.29, 0.717) is 0 Å². The third-order valence-electron chi connectivity index (χ3n) is 5.50. The van der Waals surface area contributed by atoms with Crippen LogP contribution in [0.3, 0.4) is 0 Å². The Hall–Kier alpha value is -2.62. The number of methoxy groups -OCH3 is 1. The van der Waals surface area contributed by atoms with Gasteiger partial charge in [0.15, 0.2) is 0 Å². The molecular formula is C25H28N2O. The van der Waals surface area contributed by atoms with E-state index in [1.807, 2.05) is 0 Å². The van der Waals surface area contributed by atoms with Crippen molar-refractivity contribution in [1.82, 2.24) is 5.32 Å². The Morgan fingerprint density at radius 1 is 0.929 bits per heavy atom. The highest BCUT2D eigenvalue weighted by Crippen LogP contribution is 2.38. The largest absolute Gasteiger partial charge is 0.385 e. The van der Waals surface area contributed by atoms with Crippen molar-refractivity contribution in [2.24, 2.45) is 0 Å². The monoisotopic (exact) mass is 372 g/mol. The third kappa shape index (κ3) is 3.82. The molecule has 0 fully saturated rings. The molecular weight excluding hydrogens is 344 g/mol. The molecule has 0 amide bonds. The molecule has 1 heterocycles. The number of rotatable bonds is 6. The lowest BCUT2D eigenvalue weighted by Crippen LogP contribution is -2.25. The topological polar surface area (TPSA) is 24.5 Å². The van der Waals surface area contributed by atoms with Crippen molar-refractivity contribution in [1.29, 1.82) is 0 Å². The summed E-state index contributed by atoms with van der Waals surface area (Å²) in [6.07, 6.45) is 1.00. The first kappa shape index (κ1) is 18.7. The Labute approximate surface area is 168 Å². The van der Waals surface area contributed by atoms with Crippen molar-refractivity contribution >= 4 is 5.69 Å². The molecule has 28 heavy (non-hydrogen) atoms. The summed E-state index contributed by atoms with van der Waals surface area (Å²) in [5.74, 6) is 0. The summed E-state index contributed by atoms with van der Waals surface area (Å²) in [5.41, 5.74) is 7.92. The molecule has 0 bridgehead atoms. The van der Waals surface area contributed by atoms with Crippen LogP contribution >= 0.6 is 0 Å². The van der Waals surface area contributed by atoms with Gasteiger partial charge >= 0.3 is 0 Å². The van der Waals surface area contributed by atoms with Gasteiger partial charge in [-0.3, -0.25) is 0 Å². The molecule has 0 radical (unpaired) electrons. The van der Waals surface area contributed by atoms with E-state index in [4.69, 9.17) is 4.74 Å². The second-order valence-electron chi connectivity index (χ2n) is 7.43. The number of hydrogen-bond donors (Lipinski definition) is 1. The minimum atomic E-state index is 0.192. The van der Waals surface area contributed by atoms with Gasteiger partial charge in [0.2, 0.25) is 0 Å². The van der Waals surface area contributed by atoms with Crippen molar-refractivity contribution < 1.29 is 4.74 Å². The molecule has 1 atom stereocenters. The van der Waals surface area contributed by atoms with Gasteiger partial charge in [0.25, 0.3) is 0 Å². The summed E-state index contributed by atoms with van der Waals surface area (Å²) in [6.45, 7) is 2.61. The van der Waals surface area contributed by atoms with Gasteiger partial charge in [-0.2, -0.15) is 0 Å². The fourth-order valence-electron chi connectivity index (χ4n) is 4.10. The molecule has 3 heteroatoms. The number of benzene rings is 3. The molecule has 144 valence electrons. The van der Waals surface area contributed by atoms with E-state index in [-0.39, 0.29) is 6.04 Å². The Kier molecular flexibility index (Phi) is 5.75. The number of hydrogen-bond acceptors (Lipinski definition) is 3. The zero-order chi connectivity index (χ0) is 19.3. The summed E-state index contributed by atoms with van der Waals surface area (Å²) in [4.78, 5) is 2.36. The molecule has 3 aromatic carbocycles. The summed E-state index contributed by atoms with van der Waals surface area (Å²) in [7, 11) is 3.95. The van der Waals surface area contributed by atoms with Crippen molar-refractivity contribution in [2.45, 2.75) is 19.0 Å². The molecule has 0 saturated carbocycles. The number of nitrogens with zero attached hydrogens (tertiary/aromatic N) is 1. The number of para-hydroxylation sites is 1. The summed E-state index contributed by atoms with van der Waals surface area (Å²) in [6, 6.07) is 26.5. The van der Waals surface area contributed by atoms with Gasteiger partial charge in [-0.15, -0.1) is 0 Å². The highest BCUT2D eigenvalue weighted by molar-refractivity contribution is 5.67. The van der Waals surface area contributed by atoms with Gasteiger partial charge in [-0.05, 0) is 52.9 Å². The molecule has 0 spiro atoms. The molecule has 0 aromatic heterocycles. The van der Waals surface area contributed by atoms with Gasteiger partial charge in [0.1, 0.15) is 0 Å². The maximum Gasteiger partial charge on any atom is 0.0600 e. The number of anilines is 1. The van der Waals surface area contributed by atoms with E-state index in [9.17, 15) is 0 Å². The average molecular weight is 373 g/mol. The van der Waals surface area contributed by atoms with Crippen LogP contribution in [0.15, 0.2) is 72.8 Å². The molecule has 1 aliphatic rings. The van der Waals surface area contributed by atoms with E-state index in [1.165, 1.54) is 33.5 Å². The molecule has 3 aromatic rings. The molecule has 1 unspecified atom stereocenters. The van der Waals surface area contributed by atoms with Gasteiger partial charge in [-0.1, -0.05) is 60.7 Å². The van der Waals surface area contributed by atoms with Crippen LogP contribution < -0.4 is 10.2 Å². The predicted octanol–water partition coefficient (Wildman–Crippen LogP) is 5.02. The Morgan fingerprint density at radius 2 is 1.71 bits per heavy atom. The Morgan fingerprint density at radius 3 is 2.54 bits per heavy atom. The maximum absolute atomic E-state index is 5.23. The van der Waals surface area contributed by atoms with E-state index in [1.54, 1.807) is 7.11 Å². The van der Waals surface area contributed by atoms with Crippen molar-refractivity contribution in [3.8, 4) is 11.1 Å². The molecule has 3 nitrogen and oxygen atoms in total. The molecule has 1 N–H and O–H groups in total. The third-order valence-corrected chi connectivity index (χ3v) is 5.50. The average Bonchev–Trinajstić information content (AvgIpc) is 2.86. The number of ether oxygens (including phenoxy) is 1. The van der Waals surface area contributed by atoms with Crippen LogP contribution in [0, 0.1) is 0 Å². The van der Waals surface area contributed by atoms with Crippen molar-refractivity contribution in [3.63, 3.8) is 0 Å². The smallest absolute Gasteiger partial charge is 0.0600 e. The van der Waals surface area contributed by atoms with Gasteiger partial charge in [0, 0.05) is 33.0 Å². The molecule has 4 rings (SSSR count). The first-order valence-electron chi connectivity index (χ1n) is 9.98. The fraction of sp³-hybridized carbons (Fsp3) is 0.280. The fourth-order valence-corrected chi connectivity index (χ4v) is 4.10. The highest BCUT2D eigenvalue weighted by Gasteiger charge is 2.25. The predicted molar refractivity (Wildman–Crippen MR) is 117 cm³/mol.